The summed E-state index contributed by atoms with van der Waals surface area (Å²) in [7, 11) is 1.52. The molecule has 0 bridgehead atoms. The van der Waals surface area contributed by atoms with Crippen LogP contribution in [0, 0.1) is 0 Å². The van der Waals surface area contributed by atoms with E-state index in [1.807, 2.05) is 30.3 Å². The van der Waals surface area contributed by atoms with E-state index in [2.05, 4.69) is 5.32 Å². The van der Waals surface area contributed by atoms with Gasteiger partial charge in [-0.1, -0.05) is 30.3 Å². The quantitative estimate of drug-likeness (QED) is 0.942. The summed E-state index contributed by atoms with van der Waals surface area (Å²) in [6.07, 6.45) is 0.592. The van der Waals surface area contributed by atoms with Gasteiger partial charge in [-0.2, -0.15) is 0 Å². The zero-order valence-corrected chi connectivity index (χ0v) is 12.9. The maximum Gasteiger partial charge on any atom is 0.255 e. The molecule has 1 N–H and O–H groups in total. The van der Waals surface area contributed by atoms with Crippen molar-refractivity contribution < 1.29 is 14.3 Å². The predicted molar refractivity (Wildman–Crippen MR) is 87.7 cm³/mol. The van der Waals surface area contributed by atoms with Gasteiger partial charge in [0, 0.05) is 12.2 Å². The van der Waals surface area contributed by atoms with E-state index in [4.69, 9.17) is 4.74 Å². The van der Waals surface area contributed by atoms with E-state index in [1.165, 1.54) is 7.11 Å². The van der Waals surface area contributed by atoms with E-state index < -0.39 is 6.04 Å². The number of rotatable bonds is 4. The van der Waals surface area contributed by atoms with Crippen molar-refractivity contribution in [3.8, 4) is 5.75 Å². The lowest BCUT2D eigenvalue weighted by Crippen LogP contribution is -2.41. The Labute approximate surface area is 134 Å². The largest absolute Gasteiger partial charge is 0.496 e. The Bertz CT molecular complexity index is 715. The fourth-order valence-electron chi connectivity index (χ4n) is 2.75. The van der Waals surface area contributed by atoms with Crippen molar-refractivity contribution in [3.05, 3.63) is 60.2 Å². The maximum absolute atomic E-state index is 12.5. The average molecular weight is 310 g/mol. The molecule has 2 aromatic carbocycles. The summed E-state index contributed by atoms with van der Waals surface area (Å²) in [6, 6.07) is 15.9. The lowest BCUT2D eigenvalue weighted by Gasteiger charge is -2.17. The molecule has 5 heteroatoms. The van der Waals surface area contributed by atoms with Crippen molar-refractivity contribution in [2.24, 2.45) is 0 Å². The Morgan fingerprint density at radius 2 is 1.83 bits per heavy atom. The Kier molecular flexibility index (Phi) is 4.28. The number of carbonyl (C=O) groups excluding carboxylic acids is 2. The fraction of sp³-hybridized carbons (Fsp3) is 0.222. The number of nitrogens with one attached hydrogen (secondary N) is 1. The summed E-state index contributed by atoms with van der Waals surface area (Å²) in [6.45, 7) is 0.597. The number of hydrogen-bond acceptors (Lipinski definition) is 3. The molecule has 0 spiro atoms. The first-order chi connectivity index (χ1) is 11.2. The van der Waals surface area contributed by atoms with Gasteiger partial charge in [0.25, 0.3) is 5.91 Å². The van der Waals surface area contributed by atoms with Crippen LogP contribution >= 0.6 is 0 Å². The number of methoxy groups -OCH3 is 1. The summed E-state index contributed by atoms with van der Waals surface area (Å²) < 4.78 is 5.19. The van der Waals surface area contributed by atoms with Crippen LogP contribution in [-0.2, 0) is 4.79 Å². The highest BCUT2D eigenvalue weighted by Gasteiger charge is 2.34. The van der Waals surface area contributed by atoms with Crippen molar-refractivity contribution >= 4 is 17.5 Å². The van der Waals surface area contributed by atoms with Crippen LogP contribution in [0.4, 0.5) is 5.69 Å². The maximum atomic E-state index is 12.5. The molecular weight excluding hydrogens is 292 g/mol. The highest BCUT2D eigenvalue weighted by Crippen LogP contribution is 2.22. The average Bonchev–Trinajstić information content (AvgIpc) is 2.96. The van der Waals surface area contributed by atoms with Crippen molar-refractivity contribution in [1.82, 2.24) is 5.32 Å². The predicted octanol–water partition coefficient (Wildman–Crippen LogP) is 2.23. The number of nitrogens with zero attached hydrogens (tertiary/aromatic N) is 1. The first-order valence-corrected chi connectivity index (χ1v) is 7.51. The third kappa shape index (κ3) is 3.04. The molecule has 3 rings (SSSR count). The molecule has 1 fully saturated rings. The lowest BCUT2D eigenvalue weighted by molar-refractivity contribution is -0.118. The summed E-state index contributed by atoms with van der Waals surface area (Å²) in [4.78, 5) is 26.6. The Balaban J connectivity index is 1.72. The molecule has 0 aliphatic carbocycles. The van der Waals surface area contributed by atoms with Crippen LogP contribution in [0.25, 0.3) is 0 Å². The van der Waals surface area contributed by atoms with Gasteiger partial charge in [0.2, 0.25) is 5.91 Å². The summed E-state index contributed by atoms with van der Waals surface area (Å²) in [5.74, 6) is 0.116. The van der Waals surface area contributed by atoms with Crippen LogP contribution < -0.4 is 15.0 Å². The minimum atomic E-state index is -0.507. The normalized spacial score (nSPS) is 17.2. The van der Waals surface area contributed by atoms with Crippen LogP contribution in [0.3, 0.4) is 0 Å². The standard InChI is InChI=1S/C18H18N2O3/c1-23-16-10-6-5-9-14(16)17(21)19-15-11-12-20(18(15)22)13-7-3-2-4-8-13/h2-10,15H,11-12H2,1H3,(H,19,21)/t15-/m0/s1. The molecule has 0 aromatic heterocycles. The van der Waals surface area contributed by atoms with Crippen molar-refractivity contribution in [3.63, 3.8) is 0 Å². The van der Waals surface area contributed by atoms with Gasteiger partial charge in [0.1, 0.15) is 11.8 Å². The lowest BCUT2D eigenvalue weighted by atomic mass is 10.1. The third-order valence-corrected chi connectivity index (χ3v) is 3.93. The molecule has 118 valence electrons. The van der Waals surface area contributed by atoms with Gasteiger partial charge >= 0.3 is 0 Å². The van der Waals surface area contributed by atoms with Gasteiger partial charge in [-0.15, -0.1) is 0 Å². The number of para-hydroxylation sites is 2. The minimum Gasteiger partial charge on any atom is -0.496 e. The van der Waals surface area contributed by atoms with E-state index in [0.717, 1.165) is 5.69 Å². The molecule has 2 amide bonds. The van der Waals surface area contributed by atoms with Gasteiger partial charge in [-0.3, -0.25) is 9.59 Å². The topological polar surface area (TPSA) is 58.6 Å². The highest BCUT2D eigenvalue weighted by molar-refractivity contribution is 6.04. The molecule has 5 nitrogen and oxygen atoms in total. The molecule has 1 atom stereocenters. The number of hydrogen-bond donors (Lipinski definition) is 1. The van der Waals surface area contributed by atoms with Crippen LogP contribution in [0.1, 0.15) is 16.8 Å². The summed E-state index contributed by atoms with van der Waals surface area (Å²) in [5, 5.41) is 2.81. The van der Waals surface area contributed by atoms with E-state index in [0.29, 0.717) is 24.3 Å². The molecule has 1 aliphatic heterocycles. The molecular formula is C18H18N2O3. The SMILES string of the molecule is COc1ccccc1C(=O)N[C@H]1CCN(c2ccccc2)C1=O. The van der Waals surface area contributed by atoms with Gasteiger partial charge in [0.15, 0.2) is 0 Å². The van der Waals surface area contributed by atoms with E-state index in [1.54, 1.807) is 29.2 Å². The van der Waals surface area contributed by atoms with Crippen molar-refractivity contribution in [2.45, 2.75) is 12.5 Å². The first-order valence-electron chi connectivity index (χ1n) is 7.51. The van der Waals surface area contributed by atoms with Crippen LogP contribution in [0.15, 0.2) is 54.6 Å². The second kappa shape index (κ2) is 6.52. The monoisotopic (exact) mass is 310 g/mol. The minimum absolute atomic E-state index is 0.0838. The molecule has 23 heavy (non-hydrogen) atoms. The number of carbonyl (C=O) groups is 2. The Morgan fingerprint density at radius 1 is 1.13 bits per heavy atom. The van der Waals surface area contributed by atoms with Gasteiger partial charge < -0.3 is 15.0 Å². The third-order valence-electron chi connectivity index (χ3n) is 3.93. The number of benzene rings is 2. The zero-order chi connectivity index (χ0) is 16.2. The van der Waals surface area contributed by atoms with Gasteiger partial charge in [-0.25, -0.2) is 0 Å². The van der Waals surface area contributed by atoms with Crippen molar-refractivity contribution in [2.75, 3.05) is 18.6 Å². The van der Waals surface area contributed by atoms with E-state index in [-0.39, 0.29) is 11.8 Å². The number of amides is 2. The fourth-order valence-corrected chi connectivity index (χ4v) is 2.75. The molecule has 0 radical (unpaired) electrons. The van der Waals surface area contributed by atoms with E-state index >= 15 is 0 Å². The molecule has 1 aliphatic rings. The second-order valence-electron chi connectivity index (χ2n) is 5.34. The van der Waals surface area contributed by atoms with Gasteiger partial charge in [-0.05, 0) is 30.7 Å². The second-order valence-corrected chi connectivity index (χ2v) is 5.34. The molecule has 1 heterocycles. The Morgan fingerprint density at radius 3 is 2.57 bits per heavy atom. The summed E-state index contributed by atoms with van der Waals surface area (Å²) >= 11 is 0. The van der Waals surface area contributed by atoms with Gasteiger partial charge in [0.05, 0.1) is 12.7 Å². The van der Waals surface area contributed by atoms with Crippen LogP contribution in [0.5, 0.6) is 5.75 Å². The number of ether oxygens (including phenoxy) is 1. The van der Waals surface area contributed by atoms with Crippen LogP contribution in [0.2, 0.25) is 0 Å². The molecule has 1 saturated heterocycles. The molecule has 0 unspecified atom stereocenters. The van der Waals surface area contributed by atoms with E-state index in [9.17, 15) is 9.59 Å². The molecule has 2 aromatic rings. The molecule has 0 saturated carbocycles. The first kappa shape index (κ1) is 15.1. The van der Waals surface area contributed by atoms with Crippen molar-refractivity contribution in [1.29, 1.82) is 0 Å². The number of anilines is 1. The Hall–Kier alpha value is -2.82. The van der Waals surface area contributed by atoms with Crippen LogP contribution in [-0.4, -0.2) is 31.5 Å². The smallest absolute Gasteiger partial charge is 0.255 e. The summed E-state index contributed by atoms with van der Waals surface area (Å²) in [5.41, 5.74) is 1.28. The highest BCUT2D eigenvalue weighted by atomic mass is 16.5. The zero-order valence-electron chi connectivity index (χ0n) is 12.9.